The summed E-state index contributed by atoms with van der Waals surface area (Å²) < 4.78 is 0.526. The molecule has 2 N–H and O–H groups in total. The van der Waals surface area contributed by atoms with Crippen LogP contribution in [0.4, 0.5) is 4.79 Å². The zero-order chi connectivity index (χ0) is 10.8. The fraction of sp³-hybridized carbons (Fsp3) is 0.909. The first-order chi connectivity index (χ1) is 6.49. The third-order valence-electron chi connectivity index (χ3n) is 3.57. The summed E-state index contributed by atoms with van der Waals surface area (Å²) in [7, 11) is 0. The highest BCUT2D eigenvalue weighted by Crippen LogP contribution is 2.27. The van der Waals surface area contributed by atoms with Crippen molar-refractivity contribution in [3.8, 4) is 0 Å². The van der Waals surface area contributed by atoms with E-state index in [0.29, 0.717) is 16.4 Å². The quantitative estimate of drug-likeness (QED) is 0.695. The van der Waals surface area contributed by atoms with Crippen LogP contribution in [0.15, 0.2) is 0 Å². The van der Waals surface area contributed by atoms with Gasteiger partial charge in [0.15, 0.2) is 0 Å². The summed E-state index contributed by atoms with van der Waals surface area (Å²) in [5.74, 6) is 0.650. The van der Waals surface area contributed by atoms with Crippen LogP contribution in [-0.2, 0) is 0 Å². The maximum absolute atomic E-state index is 11.5. The fourth-order valence-corrected chi connectivity index (χ4v) is 2.39. The van der Waals surface area contributed by atoms with Gasteiger partial charge in [-0.05, 0) is 19.3 Å². The molecule has 1 heterocycles. The molecule has 1 aliphatic rings. The molecule has 1 fully saturated rings. The Hall–Kier alpha value is -0.570. The van der Waals surface area contributed by atoms with Crippen molar-refractivity contribution in [2.45, 2.75) is 46.1 Å². The minimum absolute atomic E-state index is 0.129. The summed E-state index contributed by atoms with van der Waals surface area (Å²) in [6, 6.07) is 0.293. The number of amides is 2. The third-order valence-corrected chi connectivity index (χ3v) is 3.57. The van der Waals surface area contributed by atoms with E-state index in [2.05, 4.69) is 20.8 Å². The summed E-state index contributed by atoms with van der Waals surface area (Å²) in [6.45, 7) is 8.41. The summed E-state index contributed by atoms with van der Waals surface area (Å²) in [4.78, 5) is 11.5. The molecule has 1 rings (SSSR count). The monoisotopic (exact) mass is 199 g/mol. The summed E-state index contributed by atoms with van der Waals surface area (Å²) in [5.41, 5.74) is 5.54. The van der Waals surface area contributed by atoms with E-state index in [1.807, 2.05) is 0 Å². The number of carbonyl (C=O) groups is 1. The van der Waals surface area contributed by atoms with Gasteiger partial charge >= 0.3 is 6.03 Å². The zero-order valence-electron chi connectivity index (χ0n) is 9.62. The Kier molecular flexibility index (Phi) is 3.53. The molecule has 2 atom stereocenters. The van der Waals surface area contributed by atoms with Crippen LogP contribution in [0.1, 0.15) is 40.0 Å². The number of likely N-dealkylation sites (tertiary alicyclic amines) is 1. The topological polar surface area (TPSA) is 43.1 Å². The van der Waals surface area contributed by atoms with Crippen molar-refractivity contribution in [2.75, 3.05) is 13.1 Å². The molecular weight excluding hydrogens is 176 g/mol. The van der Waals surface area contributed by atoms with E-state index in [0.717, 1.165) is 32.4 Å². The number of rotatable bonds is 3. The first-order valence-corrected chi connectivity index (χ1v) is 5.66. The molecule has 0 spiro atoms. The molecule has 3 heteroatoms. The third kappa shape index (κ3) is 2.08. The average Bonchev–Trinajstić information content (AvgIpc) is 2.44. The van der Waals surface area contributed by atoms with Crippen LogP contribution in [0.5, 0.6) is 0 Å². The number of urea groups is 1. The lowest BCUT2D eigenvalue weighted by atomic mass is 10.1. The predicted octanol–water partition coefficient (Wildman–Crippen LogP) is 2.11. The molecule has 1 aliphatic heterocycles. The lowest BCUT2D eigenvalue weighted by Gasteiger charge is -2.34. The molecule has 0 aromatic carbocycles. The van der Waals surface area contributed by atoms with Crippen LogP contribution in [0.3, 0.4) is 0 Å². The van der Waals surface area contributed by atoms with Crippen LogP contribution in [-0.4, -0.2) is 29.6 Å². The molecule has 14 heavy (non-hydrogen) atoms. The Bertz CT molecular complexity index is 215. The van der Waals surface area contributed by atoms with Crippen LogP contribution < -0.4 is 5.73 Å². The smallest absolute Gasteiger partial charge is 0.319 e. The van der Waals surface area contributed by atoms with Crippen molar-refractivity contribution in [1.29, 1.82) is 0 Å². The van der Waals surface area contributed by atoms with Gasteiger partial charge in [-0.1, -0.05) is 13.8 Å². The first-order valence-electron chi connectivity index (χ1n) is 5.66. The van der Waals surface area contributed by atoms with Gasteiger partial charge in [0.25, 0.3) is 0 Å². The summed E-state index contributed by atoms with van der Waals surface area (Å²) in [5, 5.41) is 0. The molecule has 1 unspecified atom stereocenters. The second-order valence-corrected chi connectivity index (χ2v) is 4.99. The number of carbonyl (C=O) groups excluding carboxylic acids is 1. The summed E-state index contributed by atoms with van der Waals surface area (Å²) in [6.07, 6.45) is 3.37. The van der Waals surface area contributed by atoms with Crippen LogP contribution in [0.2, 0.25) is 0 Å². The number of primary amides is 1. The molecule has 0 aromatic rings. The Labute approximate surface area is 86.9 Å². The fourth-order valence-electron chi connectivity index (χ4n) is 2.39. The predicted molar refractivity (Wildman–Crippen MR) is 57.7 cm³/mol. The van der Waals surface area contributed by atoms with Gasteiger partial charge in [0.1, 0.15) is 0 Å². The molecule has 82 valence electrons. The maximum Gasteiger partial charge on any atom is 0.414 e. The molecule has 0 bridgehead atoms. The molecule has 0 aromatic heterocycles. The minimum atomic E-state index is -0.129. The number of nitrogens with two attached hydrogens (primary N) is 1. The molecular formula is C11H23N2O+. The lowest BCUT2D eigenvalue weighted by Crippen LogP contribution is -2.58. The van der Waals surface area contributed by atoms with Crippen LogP contribution in [0, 0.1) is 5.92 Å². The van der Waals surface area contributed by atoms with Crippen molar-refractivity contribution in [1.82, 2.24) is 0 Å². The van der Waals surface area contributed by atoms with Gasteiger partial charge in [0.2, 0.25) is 0 Å². The van der Waals surface area contributed by atoms with E-state index >= 15 is 0 Å². The van der Waals surface area contributed by atoms with Gasteiger partial charge < -0.3 is 5.73 Å². The van der Waals surface area contributed by atoms with E-state index in [1.165, 1.54) is 0 Å². The Morgan fingerprint density at radius 2 is 2.21 bits per heavy atom. The van der Waals surface area contributed by atoms with Crippen molar-refractivity contribution >= 4 is 6.03 Å². The lowest BCUT2D eigenvalue weighted by molar-refractivity contribution is -0.860. The van der Waals surface area contributed by atoms with E-state index in [9.17, 15) is 4.79 Å². The van der Waals surface area contributed by atoms with Crippen LogP contribution in [0.25, 0.3) is 0 Å². The first kappa shape index (κ1) is 11.5. The number of nitrogens with zero attached hydrogens (tertiary/aromatic N) is 1. The van der Waals surface area contributed by atoms with Gasteiger partial charge in [-0.3, -0.25) is 0 Å². The molecule has 0 aliphatic carbocycles. The Morgan fingerprint density at radius 1 is 1.57 bits per heavy atom. The largest absolute Gasteiger partial charge is 0.414 e. The van der Waals surface area contributed by atoms with Gasteiger partial charge in [0, 0.05) is 12.8 Å². The van der Waals surface area contributed by atoms with E-state index in [-0.39, 0.29) is 6.03 Å². The maximum atomic E-state index is 11.5. The molecule has 1 saturated heterocycles. The van der Waals surface area contributed by atoms with E-state index in [4.69, 9.17) is 5.73 Å². The van der Waals surface area contributed by atoms with E-state index < -0.39 is 0 Å². The average molecular weight is 199 g/mol. The molecule has 2 amide bonds. The van der Waals surface area contributed by atoms with Crippen molar-refractivity contribution in [3.63, 3.8) is 0 Å². The Balaban J connectivity index is 2.67. The Morgan fingerprint density at radius 3 is 2.57 bits per heavy atom. The minimum Gasteiger partial charge on any atom is -0.319 e. The van der Waals surface area contributed by atoms with Crippen molar-refractivity contribution in [2.24, 2.45) is 11.7 Å². The van der Waals surface area contributed by atoms with Gasteiger partial charge in [0.05, 0.1) is 19.1 Å². The highest BCUT2D eigenvalue weighted by atomic mass is 16.2. The SMILES string of the molecule is CC(C)CC[N+]1(C(N)=O)CCC[C@H]1C. The normalized spacial score (nSPS) is 32.4. The number of quaternary nitrogens is 1. The number of hydrogen-bond acceptors (Lipinski definition) is 1. The molecule has 3 nitrogen and oxygen atoms in total. The number of hydrogen-bond donors (Lipinski definition) is 1. The van der Waals surface area contributed by atoms with E-state index in [1.54, 1.807) is 0 Å². The van der Waals surface area contributed by atoms with Crippen LogP contribution >= 0.6 is 0 Å². The molecule has 0 saturated carbocycles. The molecule has 0 radical (unpaired) electrons. The van der Waals surface area contributed by atoms with Gasteiger partial charge in [-0.2, -0.15) is 0 Å². The second kappa shape index (κ2) is 4.30. The zero-order valence-corrected chi connectivity index (χ0v) is 9.62. The van der Waals surface area contributed by atoms with Gasteiger partial charge in [-0.15, -0.1) is 0 Å². The second-order valence-electron chi connectivity index (χ2n) is 4.99. The van der Waals surface area contributed by atoms with Crippen molar-refractivity contribution in [3.05, 3.63) is 0 Å². The van der Waals surface area contributed by atoms with Gasteiger partial charge in [-0.25, -0.2) is 9.28 Å². The summed E-state index contributed by atoms with van der Waals surface area (Å²) >= 11 is 0. The standard InChI is InChI=1S/C11H22N2O/c1-9(2)6-8-13(11(12)14)7-4-5-10(13)3/h9-10H,4-8H2,1-3H3,(H-,12,14)/p+1/t10-,13?/m1/s1. The highest BCUT2D eigenvalue weighted by Gasteiger charge is 2.43. The highest BCUT2D eigenvalue weighted by molar-refractivity contribution is 5.64. The van der Waals surface area contributed by atoms with Crippen molar-refractivity contribution < 1.29 is 9.28 Å².